The third kappa shape index (κ3) is 3.72. The fourth-order valence-electron chi connectivity index (χ4n) is 1.12. The lowest BCUT2D eigenvalue weighted by Gasteiger charge is -2.18. The van der Waals surface area contributed by atoms with Crippen LogP contribution >= 0.6 is 0 Å². The minimum atomic E-state index is -0.0174. The van der Waals surface area contributed by atoms with E-state index in [2.05, 4.69) is 0 Å². The summed E-state index contributed by atoms with van der Waals surface area (Å²) in [6, 6.07) is 9.19. The van der Waals surface area contributed by atoms with Crippen molar-refractivity contribution in [2.75, 3.05) is 13.8 Å². The Morgan fingerprint density at radius 1 is 1.33 bits per heavy atom. The van der Waals surface area contributed by atoms with Crippen LogP contribution in [0.2, 0.25) is 0 Å². The van der Waals surface area contributed by atoms with Crippen molar-refractivity contribution in [3.63, 3.8) is 0 Å². The van der Waals surface area contributed by atoms with E-state index < -0.39 is 0 Å². The van der Waals surface area contributed by atoms with Gasteiger partial charge >= 0.3 is 0 Å². The molecule has 0 saturated carbocycles. The highest BCUT2D eigenvalue weighted by Crippen LogP contribution is 2.03. The zero-order valence-corrected chi connectivity index (χ0v) is 9.43. The third-order valence-electron chi connectivity index (χ3n) is 1.97. The first kappa shape index (κ1) is 11.7. The molecule has 0 atom stereocenters. The van der Waals surface area contributed by atoms with E-state index in [0.717, 1.165) is 0 Å². The first-order chi connectivity index (χ1) is 7.11. The van der Waals surface area contributed by atoms with Crippen LogP contribution in [0, 0.1) is 0 Å². The highest BCUT2D eigenvalue weighted by atomic mass is 16.5. The lowest BCUT2D eigenvalue weighted by atomic mass is 10.2. The summed E-state index contributed by atoms with van der Waals surface area (Å²) in [5.41, 5.74) is 0.687. The summed E-state index contributed by atoms with van der Waals surface area (Å²) in [4.78, 5) is 13.4. The SMILES string of the molecule is CC(C)OCN(C)C(=O)c1ccccc1. The van der Waals surface area contributed by atoms with Gasteiger partial charge in [-0.3, -0.25) is 4.79 Å². The molecule has 3 nitrogen and oxygen atoms in total. The highest BCUT2D eigenvalue weighted by Gasteiger charge is 2.10. The van der Waals surface area contributed by atoms with Crippen LogP contribution in [0.15, 0.2) is 30.3 Å². The second-order valence-electron chi connectivity index (χ2n) is 3.71. The summed E-state index contributed by atoms with van der Waals surface area (Å²) in [6.07, 6.45) is 0.135. The minimum absolute atomic E-state index is 0.0174. The zero-order valence-electron chi connectivity index (χ0n) is 9.43. The third-order valence-corrected chi connectivity index (χ3v) is 1.97. The number of ether oxygens (including phenoxy) is 1. The van der Waals surface area contributed by atoms with Gasteiger partial charge in [0.05, 0.1) is 6.10 Å². The molecule has 0 heterocycles. The first-order valence-corrected chi connectivity index (χ1v) is 5.03. The maximum Gasteiger partial charge on any atom is 0.255 e. The number of hydrogen-bond acceptors (Lipinski definition) is 2. The largest absolute Gasteiger partial charge is 0.358 e. The molecule has 0 N–H and O–H groups in total. The van der Waals surface area contributed by atoms with Gasteiger partial charge in [-0.1, -0.05) is 18.2 Å². The standard InChI is InChI=1S/C12H17NO2/c1-10(2)15-9-13(3)12(14)11-7-5-4-6-8-11/h4-8,10H,9H2,1-3H3. The fraction of sp³-hybridized carbons (Fsp3) is 0.417. The normalized spacial score (nSPS) is 10.4. The fourth-order valence-corrected chi connectivity index (χ4v) is 1.12. The summed E-state index contributed by atoms with van der Waals surface area (Å²) in [7, 11) is 1.73. The number of rotatable bonds is 4. The van der Waals surface area contributed by atoms with Gasteiger partial charge < -0.3 is 9.64 Å². The van der Waals surface area contributed by atoms with E-state index in [4.69, 9.17) is 4.74 Å². The molecule has 0 spiro atoms. The second kappa shape index (κ2) is 5.51. The molecule has 1 rings (SSSR count). The second-order valence-corrected chi connectivity index (χ2v) is 3.71. The lowest BCUT2D eigenvalue weighted by Crippen LogP contribution is -2.30. The van der Waals surface area contributed by atoms with Crippen molar-refractivity contribution in [2.45, 2.75) is 20.0 Å². The molecule has 0 unspecified atom stereocenters. The van der Waals surface area contributed by atoms with Gasteiger partial charge in [0.2, 0.25) is 0 Å². The van der Waals surface area contributed by atoms with Crippen molar-refractivity contribution >= 4 is 5.91 Å². The average molecular weight is 207 g/mol. The molecule has 82 valence electrons. The van der Waals surface area contributed by atoms with E-state index >= 15 is 0 Å². The van der Waals surface area contributed by atoms with Crippen LogP contribution in [-0.4, -0.2) is 30.7 Å². The molecule has 0 aromatic heterocycles. The van der Waals surface area contributed by atoms with E-state index in [9.17, 15) is 4.79 Å². The molecule has 0 aliphatic carbocycles. The molecule has 0 saturated heterocycles. The Balaban J connectivity index is 2.54. The Morgan fingerprint density at radius 3 is 2.47 bits per heavy atom. The number of amides is 1. The maximum absolute atomic E-state index is 11.8. The van der Waals surface area contributed by atoms with Crippen molar-refractivity contribution in [3.05, 3.63) is 35.9 Å². The van der Waals surface area contributed by atoms with Gasteiger partial charge in [-0.05, 0) is 26.0 Å². The summed E-state index contributed by atoms with van der Waals surface area (Å²) in [6.45, 7) is 4.22. The average Bonchev–Trinajstić information content (AvgIpc) is 2.26. The van der Waals surface area contributed by atoms with Crippen LogP contribution in [0.25, 0.3) is 0 Å². The summed E-state index contributed by atoms with van der Waals surface area (Å²) in [5.74, 6) is -0.0174. The van der Waals surface area contributed by atoms with Crippen molar-refractivity contribution in [2.24, 2.45) is 0 Å². The highest BCUT2D eigenvalue weighted by molar-refractivity contribution is 5.93. The van der Waals surface area contributed by atoms with Crippen molar-refractivity contribution in [1.82, 2.24) is 4.90 Å². The predicted octanol–water partition coefficient (Wildman–Crippen LogP) is 2.14. The summed E-state index contributed by atoms with van der Waals surface area (Å²) >= 11 is 0. The van der Waals surface area contributed by atoms with E-state index in [1.807, 2.05) is 32.0 Å². The molecule has 0 fully saturated rings. The Bertz CT molecular complexity index is 309. The number of carbonyl (C=O) groups excluding carboxylic acids is 1. The van der Waals surface area contributed by atoms with Crippen LogP contribution in [-0.2, 0) is 4.74 Å². The minimum Gasteiger partial charge on any atom is -0.358 e. The molecule has 0 aliphatic rings. The summed E-state index contributed by atoms with van der Waals surface area (Å²) < 4.78 is 5.35. The van der Waals surface area contributed by atoms with Crippen molar-refractivity contribution in [1.29, 1.82) is 0 Å². The molecule has 0 radical (unpaired) electrons. The van der Waals surface area contributed by atoms with Gasteiger partial charge in [-0.25, -0.2) is 0 Å². The number of nitrogens with zero attached hydrogens (tertiary/aromatic N) is 1. The molecule has 1 aromatic rings. The Kier molecular flexibility index (Phi) is 4.31. The number of benzene rings is 1. The van der Waals surface area contributed by atoms with Crippen molar-refractivity contribution < 1.29 is 9.53 Å². The molecule has 3 heteroatoms. The first-order valence-electron chi connectivity index (χ1n) is 5.03. The van der Waals surface area contributed by atoms with Crippen LogP contribution in [0.3, 0.4) is 0 Å². The maximum atomic E-state index is 11.8. The van der Waals surface area contributed by atoms with E-state index in [1.54, 1.807) is 24.1 Å². The number of carbonyl (C=O) groups is 1. The van der Waals surface area contributed by atoms with Gasteiger partial charge in [-0.2, -0.15) is 0 Å². The van der Waals surface area contributed by atoms with E-state index in [0.29, 0.717) is 12.3 Å². The van der Waals surface area contributed by atoms with Crippen LogP contribution in [0.5, 0.6) is 0 Å². The zero-order chi connectivity index (χ0) is 11.3. The quantitative estimate of drug-likeness (QED) is 0.708. The Morgan fingerprint density at radius 2 is 1.93 bits per heavy atom. The number of hydrogen-bond donors (Lipinski definition) is 0. The lowest BCUT2D eigenvalue weighted by molar-refractivity contribution is 0.00731. The van der Waals surface area contributed by atoms with Gasteiger partial charge in [0.15, 0.2) is 0 Å². The van der Waals surface area contributed by atoms with Gasteiger partial charge in [-0.15, -0.1) is 0 Å². The Hall–Kier alpha value is -1.35. The molecule has 0 bridgehead atoms. The molecule has 1 amide bonds. The van der Waals surface area contributed by atoms with Crippen LogP contribution in [0.1, 0.15) is 24.2 Å². The molecule has 15 heavy (non-hydrogen) atoms. The smallest absolute Gasteiger partial charge is 0.255 e. The molecule has 1 aromatic carbocycles. The topological polar surface area (TPSA) is 29.5 Å². The molecular formula is C12H17NO2. The molecule has 0 aliphatic heterocycles. The summed E-state index contributed by atoms with van der Waals surface area (Å²) in [5, 5.41) is 0. The van der Waals surface area contributed by atoms with E-state index in [1.165, 1.54) is 0 Å². The van der Waals surface area contributed by atoms with Crippen molar-refractivity contribution in [3.8, 4) is 0 Å². The van der Waals surface area contributed by atoms with Gasteiger partial charge in [0.1, 0.15) is 6.73 Å². The monoisotopic (exact) mass is 207 g/mol. The van der Waals surface area contributed by atoms with Crippen LogP contribution in [0.4, 0.5) is 0 Å². The van der Waals surface area contributed by atoms with Gasteiger partial charge in [0.25, 0.3) is 5.91 Å². The predicted molar refractivity (Wildman–Crippen MR) is 59.6 cm³/mol. The van der Waals surface area contributed by atoms with Crippen LogP contribution < -0.4 is 0 Å². The Labute approximate surface area is 90.7 Å². The van der Waals surface area contributed by atoms with E-state index in [-0.39, 0.29) is 12.0 Å². The molecular weight excluding hydrogens is 190 g/mol. The van der Waals surface area contributed by atoms with Gasteiger partial charge in [0, 0.05) is 12.6 Å².